The summed E-state index contributed by atoms with van der Waals surface area (Å²) in [4.78, 5) is 0. The van der Waals surface area contributed by atoms with E-state index in [1.54, 1.807) is 0 Å². The van der Waals surface area contributed by atoms with Gasteiger partial charge in [0, 0.05) is 0 Å². The first-order valence-corrected chi connectivity index (χ1v) is 4.61. The van der Waals surface area contributed by atoms with Gasteiger partial charge in [-0.05, 0) is 26.3 Å². The highest BCUT2D eigenvalue weighted by Crippen LogP contribution is 2.08. The van der Waals surface area contributed by atoms with Crippen molar-refractivity contribution in [2.75, 3.05) is 13.2 Å². The van der Waals surface area contributed by atoms with Crippen molar-refractivity contribution in [3.05, 3.63) is 36.5 Å². The maximum absolute atomic E-state index is 5.45. The summed E-state index contributed by atoms with van der Waals surface area (Å²) < 4.78 is 10.9. The molecule has 0 heterocycles. The molecule has 0 aromatic rings. The average molecular weight is 196 g/mol. The molecule has 0 aliphatic rings. The summed E-state index contributed by atoms with van der Waals surface area (Å²) in [6.45, 7) is 18.0. The van der Waals surface area contributed by atoms with Crippen LogP contribution in [0.3, 0.4) is 0 Å². The molecular weight excluding hydrogens is 176 g/mol. The molecule has 0 aliphatic heterocycles. The topological polar surface area (TPSA) is 18.5 Å². The molecule has 0 fully saturated rings. The van der Waals surface area contributed by atoms with E-state index >= 15 is 0 Å². The van der Waals surface area contributed by atoms with Gasteiger partial charge in [0.2, 0.25) is 0 Å². The predicted molar refractivity (Wildman–Crippen MR) is 60.1 cm³/mol. The van der Waals surface area contributed by atoms with Gasteiger partial charge in [0.1, 0.15) is 0 Å². The molecule has 0 bridgehead atoms. The molecule has 0 aromatic carbocycles. The third kappa shape index (κ3) is 6.63. The molecule has 0 saturated carbocycles. The molecule has 80 valence electrons. The molecule has 2 heteroatoms. The lowest BCUT2D eigenvalue weighted by molar-refractivity contribution is -0.104. The maximum Gasteiger partial charge on any atom is 0.179 e. The van der Waals surface area contributed by atoms with Gasteiger partial charge in [-0.1, -0.05) is 30.9 Å². The quantitative estimate of drug-likeness (QED) is 0.460. The van der Waals surface area contributed by atoms with E-state index in [4.69, 9.17) is 9.47 Å². The van der Waals surface area contributed by atoms with Crippen molar-refractivity contribution >= 4 is 0 Å². The number of rotatable bonds is 7. The van der Waals surface area contributed by atoms with Crippen LogP contribution >= 0.6 is 0 Å². The summed E-state index contributed by atoms with van der Waals surface area (Å²) in [6.07, 6.45) is -0.358. The Morgan fingerprint density at radius 1 is 0.929 bits per heavy atom. The van der Waals surface area contributed by atoms with Gasteiger partial charge in [0.05, 0.1) is 13.2 Å². The highest BCUT2D eigenvalue weighted by atomic mass is 16.7. The fraction of sp³-hybridized carbons (Fsp3) is 0.500. The Labute approximate surface area is 86.9 Å². The Hall–Kier alpha value is -0.860. The van der Waals surface area contributed by atoms with E-state index in [9.17, 15) is 0 Å². The van der Waals surface area contributed by atoms with Crippen LogP contribution in [0, 0.1) is 0 Å². The summed E-state index contributed by atoms with van der Waals surface area (Å²) in [5.74, 6) is 0. The summed E-state index contributed by atoms with van der Waals surface area (Å²) >= 11 is 0. The second kappa shape index (κ2) is 6.57. The van der Waals surface area contributed by atoms with Crippen LogP contribution in [0.2, 0.25) is 0 Å². The third-order valence-corrected chi connectivity index (χ3v) is 1.36. The zero-order chi connectivity index (χ0) is 11.1. The first-order chi connectivity index (χ1) is 6.43. The lowest BCUT2D eigenvalue weighted by Gasteiger charge is -2.18. The summed E-state index contributed by atoms with van der Waals surface area (Å²) in [5.41, 5.74) is 2.79. The molecular formula is C12H20O2. The van der Waals surface area contributed by atoms with E-state index in [-0.39, 0.29) is 6.29 Å². The van der Waals surface area contributed by atoms with E-state index in [2.05, 4.69) is 19.7 Å². The van der Waals surface area contributed by atoms with E-state index in [1.165, 1.54) is 0 Å². The van der Waals surface area contributed by atoms with Gasteiger partial charge in [0.15, 0.2) is 6.29 Å². The fourth-order valence-corrected chi connectivity index (χ4v) is 0.769. The van der Waals surface area contributed by atoms with Crippen molar-refractivity contribution in [1.82, 2.24) is 0 Å². The van der Waals surface area contributed by atoms with Gasteiger partial charge >= 0.3 is 0 Å². The average Bonchev–Trinajstić information content (AvgIpc) is 2.02. The number of ether oxygens (including phenoxy) is 2. The highest BCUT2D eigenvalue weighted by Gasteiger charge is 2.09. The minimum absolute atomic E-state index is 0.358. The van der Waals surface area contributed by atoms with Crippen molar-refractivity contribution in [3.8, 4) is 0 Å². The van der Waals surface area contributed by atoms with Crippen LogP contribution < -0.4 is 0 Å². The summed E-state index contributed by atoms with van der Waals surface area (Å²) in [7, 11) is 0. The lowest BCUT2D eigenvalue weighted by Crippen LogP contribution is -2.20. The van der Waals surface area contributed by atoms with Crippen LogP contribution in [-0.4, -0.2) is 19.5 Å². The number of hydrogen-bond donors (Lipinski definition) is 0. The van der Waals surface area contributed by atoms with Gasteiger partial charge in [0.25, 0.3) is 0 Å². The van der Waals surface area contributed by atoms with Crippen molar-refractivity contribution in [2.45, 2.75) is 27.1 Å². The third-order valence-electron chi connectivity index (χ3n) is 1.36. The molecule has 0 rings (SSSR count). The van der Waals surface area contributed by atoms with Crippen molar-refractivity contribution in [1.29, 1.82) is 0 Å². The molecule has 2 nitrogen and oxygen atoms in total. The van der Waals surface area contributed by atoms with Gasteiger partial charge < -0.3 is 9.47 Å². The molecule has 0 amide bonds. The molecule has 0 aliphatic carbocycles. The molecule has 0 saturated heterocycles. The molecule has 0 unspecified atom stereocenters. The van der Waals surface area contributed by atoms with Crippen LogP contribution in [0.4, 0.5) is 0 Å². The fourth-order valence-electron chi connectivity index (χ4n) is 0.769. The van der Waals surface area contributed by atoms with Gasteiger partial charge in [-0.2, -0.15) is 0 Å². The smallest absolute Gasteiger partial charge is 0.179 e. The Morgan fingerprint density at radius 3 is 1.50 bits per heavy atom. The maximum atomic E-state index is 5.45. The standard InChI is InChI=1S/C12H20O2/c1-9(2)7-13-12(11(5)6)14-8-10(3)4/h12H,1,3,5,7-8H2,2,4,6H3. The SMILES string of the molecule is C=C(C)COC(OCC(=C)C)C(=C)C. The van der Waals surface area contributed by atoms with Crippen LogP contribution in [0.5, 0.6) is 0 Å². The minimum atomic E-state index is -0.358. The molecule has 0 radical (unpaired) electrons. The van der Waals surface area contributed by atoms with Crippen LogP contribution in [0.25, 0.3) is 0 Å². The second-order valence-electron chi connectivity index (χ2n) is 3.71. The molecule has 0 spiro atoms. The van der Waals surface area contributed by atoms with Crippen LogP contribution in [0.1, 0.15) is 20.8 Å². The monoisotopic (exact) mass is 196 g/mol. The van der Waals surface area contributed by atoms with Crippen molar-refractivity contribution < 1.29 is 9.47 Å². The van der Waals surface area contributed by atoms with E-state index in [0.717, 1.165) is 16.7 Å². The van der Waals surface area contributed by atoms with Gasteiger partial charge in [-0.25, -0.2) is 0 Å². The predicted octanol–water partition coefficient (Wildman–Crippen LogP) is 3.07. The van der Waals surface area contributed by atoms with E-state index in [0.29, 0.717) is 13.2 Å². The van der Waals surface area contributed by atoms with E-state index < -0.39 is 0 Å². The van der Waals surface area contributed by atoms with Crippen molar-refractivity contribution in [2.24, 2.45) is 0 Å². The summed E-state index contributed by atoms with van der Waals surface area (Å²) in [6, 6.07) is 0. The van der Waals surface area contributed by atoms with Crippen LogP contribution in [-0.2, 0) is 9.47 Å². The molecule has 0 aromatic heterocycles. The second-order valence-corrected chi connectivity index (χ2v) is 3.71. The molecule has 0 N–H and O–H groups in total. The zero-order valence-corrected chi connectivity index (χ0v) is 9.43. The number of hydrogen-bond acceptors (Lipinski definition) is 2. The van der Waals surface area contributed by atoms with Crippen molar-refractivity contribution in [3.63, 3.8) is 0 Å². The highest BCUT2D eigenvalue weighted by molar-refractivity contribution is 4.97. The lowest BCUT2D eigenvalue weighted by atomic mass is 10.3. The Balaban J connectivity index is 3.96. The van der Waals surface area contributed by atoms with Gasteiger partial charge in [-0.15, -0.1) is 0 Å². The first kappa shape index (κ1) is 13.1. The summed E-state index contributed by atoms with van der Waals surface area (Å²) in [5, 5.41) is 0. The van der Waals surface area contributed by atoms with Gasteiger partial charge in [-0.3, -0.25) is 0 Å². The van der Waals surface area contributed by atoms with Crippen LogP contribution in [0.15, 0.2) is 36.5 Å². The largest absolute Gasteiger partial charge is 0.344 e. The minimum Gasteiger partial charge on any atom is -0.344 e. The Morgan fingerprint density at radius 2 is 1.29 bits per heavy atom. The van der Waals surface area contributed by atoms with E-state index in [1.807, 2.05) is 20.8 Å². The zero-order valence-electron chi connectivity index (χ0n) is 9.43. The molecule has 0 atom stereocenters. The Kier molecular flexibility index (Phi) is 6.17. The Bertz CT molecular complexity index is 210. The molecule has 14 heavy (non-hydrogen) atoms. The normalized spacial score (nSPS) is 10.3. The first-order valence-electron chi connectivity index (χ1n) is 4.61.